The normalized spacial score (nSPS) is 23.8. The molecule has 1 fully saturated rings. The van der Waals surface area contributed by atoms with Gasteiger partial charge in [-0.15, -0.1) is 0 Å². The first kappa shape index (κ1) is 24.2. The fourth-order valence-corrected chi connectivity index (χ4v) is 4.25. The highest BCUT2D eigenvalue weighted by Gasteiger charge is 2.34. The molecule has 0 aromatic heterocycles. The van der Waals surface area contributed by atoms with E-state index in [1.807, 2.05) is 14.2 Å². The zero-order valence-corrected chi connectivity index (χ0v) is 18.1. The molecular formula is C23H42O4. The Morgan fingerprint density at radius 3 is 2.48 bits per heavy atom. The first-order valence-corrected chi connectivity index (χ1v) is 11.0. The Kier molecular flexibility index (Phi) is 13.5. The number of ether oxygens (including phenoxy) is 3. The predicted molar refractivity (Wildman–Crippen MR) is 111 cm³/mol. The number of hydrogen-bond donors (Lipinski definition) is 0. The molecule has 1 rings (SSSR count). The summed E-state index contributed by atoms with van der Waals surface area (Å²) in [7, 11) is 5.13. The molecule has 1 aliphatic rings. The molecule has 0 spiro atoms. The van der Waals surface area contributed by atoms with Crippen LogP contribution in [-0.2, 0) is 19.0 Å². The Morgan fingerprint density at radius 2 is 1.81 bits per heavy atom. The van der Waals surface area contributed by atoms with Crippen LogP contribution in [0.1, 0.15) is 84.0 Å². The van der Waals surface area contributed by atoms with E-state index in [0.29, 0.717) is 24.4 Å². The minimum absolute atomic E-state index is 0.0953. The third kappa shape index (κ3) is 9.75. The summed E-state index contributed by atoms with van der Waals surface area (Å²) in [6.45, 7) is 2.24. The summed E-state index contributed by atoms with van der Waals surface area (Å²) in [6.07, 6.45) is 18.8. The average molecular weight is 383 g/mol. The Labute approximate surface area is 167 Å². The summed E-state index contributed by atoms with van der Waals surface area (Å²) in [4.78, 5) is 11.2. The van der Waals surface area contributed by atoms with Crippen LogP contribution in [0.25, 0.3) is 0 Å². The molecule has 4 atom stereocenters. The maximum atomic E-state index is 11.2. The lowest BCUT2D eigenvalue weighted by Gasteiger charge is -2.23. The molecule has 4 nitrogen and oxygen atoms in total. The van der Waals surface area contributed by atoms with E-state index < -0.39 is 0 Å². The molecule has 4 unspecified atom stereocenters. The number of carbonyl (C=O) groups is 1. The second-order valence-corrected chi connectivity index (χ2v) is 7.86. The van der Waals surface area contributed by atoms with E-state index in [1.54, 1.807) is 0 Å². The van der Waals surface area contributed by atoms with Crippen LogP contribution in [0.5, 0.6) is 0 Å². The molecule has 1 aliphatic carbocycles. The molecule has 1 saturated carbocycles. The van der Waals surface area contributed by atoms with Gasteiger partial charge in [-0.25, -0.2) is 0 Å². The van der Waals surface area contributed by atoms with E-state index >= 15 is 0 Å². The van der Waals surface area contributed by atoms with Gasteiger partial charge in [0.15, 0.2) is 0 Å². The van der Waals surface area contributed by atoms with Gasteiger partial charge in [-0.3, -0.25) is 4.79 Å². The lowest BCUT2D eigenvalue weighted by Crippen LogP contribution is -2.21. The van der Waals surface area contributed by atoms with Crippen molar-refractivity contribution < 1.29 is 19.0 Å². The number of hydrogen-bond acceptors (Lipinski definition) is 4. The molecular weight excluding hydrogens is 340 g/mol. The van der Waals surface area contributed by atoms with Gasteiger partial charge in [0.1, 0.15) is 0 Å². The third-order valence-electron chi connectivity index (χ3n) is 5.98. The highest BCUT2D eigenvalue weighted by Crippen LogP contribution is 2.38. The van der Waals surface area contributed by atoms with Crippen LogP contribution in [0.3, 0.4) is 0 Å². The van der Waals surface area contributed by atoms with E-state index in [1.165, 1.54) is 52.1 Å². The fraction of sp³-hybridized carbons (Fsp3) is 0.870. The second kappa shape index (κ2) is 15.1. The van der Waals surface area contributed by atoms with E-state index in [2.05, 4.69) is 19.1 Å². The van der Waals surface area contributed by atoms with Crippen LogP contribution in [0.15, 0.2) is 12.2 Å². The van der Waals surface area contributed by atoms with Crippen molar-refractivity contribution in [2.75, 3.05) is 21.3 Å². The highest BCUT2D eigenvalue weighted by atomic mass is 16.5. The van der Waals surface area contributed by atoms with Crippen LogP contribution < -0.4 is 0 Å². The molecule has 27 heavy (non-hydrogen) atoms. The summed E-state index contributed by atoms with van der Waals surface area (Å²) in [6, 6.07) is 0. The van der Waals surface area contributed by atoms with E-state index in [9.17, 15) is 4.79 Å². The zero-order valence-electron chi connectivity index (χ0n) is 18.1. The number of unbranched alkanes of at least 4 members (excludes halogenated alkanes) is 5. The first-order valence-electron chi connectivity index (χ1n) is 11.0. The van der Waals surface area contributed by atoms with Crippen molar-refractivity contribution >= 4 is 5.97 Å². The quantitative estimate of drug-likeness (QED) is 0.207. The molecule has 0 heterocycles. The number of methoxy groups -OCH3 is 3. The number of allylic oxidation sites excluding steroid dienone is 1. The third-order valence-corrected chi connectivity index (χ3v) is 5.98. The van der Waals surface area contributed by atoms with Gasteiger partial charge in [0.05, 0.1) is 19.3 Å². The molecule has 0 aromatic carbocycles. The van der Waals surface area contributed by atoms with Crippen molar-refractivity contribution in [1.82, 2.24) is 0 Å². The van der Waals surface area contributed by atoms with E-state index in [-0.39, 0.29) is 12.1 Å². The summed E-state index contributed by atoms with van der Waals surface area (Å²) in [5, 5.41) is 0. The van der Waals surface area contributed by atoms with Gasteiger partial charge >= 0.3 is 5.97 Å². The smallest absolute Gasteiger partial charge is 0.305 e. The fourth-order valence-electron chi connectivity index (χ4n) is 4.25. The molecule has 158 valence electrons. The molecule has 0 aliphatic heterocycles. The molecule has 0 amide bonds. The molecule has 0 N–H and O–H groups in total. The average Bonchev–Trinajstić information content (AvgIpc) is 3.08. The van der Waals surface area contributed by atoms with Crippen molar-refractivity contribution in [2.45, 2.75) is 96.2 Å². The Balaban J connectivity index is 2.39. The first-order chi connectivity index (χ1) is 13.2. The molecule has 0 saturated heterocycles. The lowest BCUT2D eigenvalue weighted by atomic mass is 9.88. The van der Waals surface area contributed by atoms with Crippen molar-refractivity contribution in [2.24, 2.45) is 11.8 Å². The van der Waals surface area contributed by atoms with Crippen LogP contribution in [0, 0.1) is 11.8 Å². The monoisotopic (exact) mass is 382 g/mol. The minimum Gasteiger partial charge on any atom is -0.469 e. The number of esters is 1. The maximum absolute atomic E-state index is 11.2. The number of carbonyl (C=O) groups excluding carboxylic acids is 1. The van der Waals surface area contributed by atoms with Crippen molar-refractivity contribution in [3.63, 3.8) is 0 Å². The van der Waals surface area contributed by atoms with Crippen LogP contribution >= 0.6 is 0 Å². The van der Waals surface area contributed by atoms with Gasteiger partial charge in [-0.05, 0) is 43.9 Å². The largest absolute Gasteiger partial charge is 0.469 e. The Hall–Kier alpha value is -0.870. The van der Waals surface area contributed by atoms with E-state index in [0.717, 1.165) is 25.7 Å². The van der Waals surface area contributed by atoms with Crippen molar-refractivity contribution in [3.05, 3.63) is 12.2 Å². The van der Waals surface area contributed by atoms with E-state index in [4.69, 9.17) is 14.2 Å². The van der Waals surface area contributed by atoms with Crippen LogP contribution in [-0.4, -0.2) is 39.5 Å². The summed E-state index contributed by atoms with van der Waals surface area (Å²) in [5.74, 6) is 1.12. The molecule has 4 heteroatoms. The molecule has 0 bridgehead atoms. The van der Waals surface area contributed by atoms with Gasteiger partial charge in [0, 0.05) is 20.6 Å². The highest BCUT2D eigenvalue weighted by molar-refractivity contribution is 5.68. The summed E-state index contributed by atoms with van der Waals surface area (Å²) >= 11 is 0. The minimum atomic E-state index is -0.0953. The maximum Gasteiger partial charge on any atom is 0.305 e. The predicted octanol–water partition coefficient (Wildman–Crippen LogP) is 5.69. The Morgan fingerprint density at radius 1 is 1.04 bits per heavy atom. The summed E-state index contributed by atoms with van der Waals surface area (Å²) in [5.41, 5.74) is 0. The van der Waals surface area contributed by atoms with Crippen LogP contribution in [0.2, 0.25) is 0 Å². The van der Waals surface area contributed by atoms with Gasteiger partial charge in [0.25, 0.3) is 0 Å². The van der Waals surface area contributed by atoms with Crippen molar-refractivity contribution in [1.29, 1.82) is 0 Å². The van der Waals surface area contributed by atoms with Gasteiger partial charge in [-0.1, -0.05) is 57.6 Å². The lowest BCUT2D eigenvalue weighted by molar-refractivity contribution is -0.140. The SMILES string of the molecule is CCCCCC(C=CC1CCC(OC)C1CCCCCCC(=O)OC)OC. The standard InChI is InChI=1S/C23H42O4/c1-5-6-9-12-20(25-2)17-15-19-16-18-22(26-3)21(19)13-10-7-8-11-14-23(24)27-4/h15,17,19-22H,5-14,16,18H2,1-4H3. The second-order valence-electron chi connectivity index (χ2n) is 7.86. The summed E-state index contributed by atoms with van der Waals surface area (Å²) < 4.78 is 16.1. The zero-order chi connectivity index (χ0) is 19.9. The Bertz CT molecular complexity index is 407. The van der Waals surface area contributed by atoms with Crippen molar-refractivity contribution in [3.8, 4) is 0 Å². The topological polar surface area (TPSA) is 44.8 Å². The molecule has 0 radical (unpaired) electrons. The molecule has 0 aromatic rings. The van der Waals surface area contributed by atoms with Gasteiger partial charge in [0.2, 0.25) is 0 Å². The number of rotatable bonds is 15. The van der Waals surface area contributed by atoms with Crippen LogP contribution in [0.4, 0.5) is 0 Å². The van der Waals surface area contributed by atoms with Gasteiger partial charge in [-0.2, -0.15) is 0 Å². The van der Waals surface area contributed by atoms with Gasteiger partial charge < -0.3 is 14.2 Å².